The van der Waals surface area contributed by atoms with Crippen LogP contribution in [0.4, 0.5) is 78.9 Å². The molecule has 8 aromatic rings. The summed E-state index contributed by atoms with van der Waals surface area (Å²) in [4.78, 5) is 43.2. The normalized spacial score (nSPS) is 12.4. The van der Waals surface area contributed by atoms with Gasteiger partial charge in [-0.1, -0.05) is 13.8 Å². The number of nitrogens with one attached hydrogen (secondary N) is 10. The Morgan fingerprint density at radius 1 is 0.514 bits per heavy atom. The van der Waals surface area contributed by atoms with Gasteiger partial charge in [-0.25, -0.2) is 19.6 Å². The van der Waals surface area contributed by atoms with Crippen LogP contribution >= 0.6 is 11.8 Å². The number of rotatable bonds is 16. The Labute approximate surface area is 409 Å². The molecule has 0 aliphatic heterocycles. The van der Waals surface area contributed by atoms with E-state index in [4.69, 9.17) is 4.74 Å². The summed E-state index contributed by atoms with van der Waals surface area (Å²) in [5, 5.41) is 38.7. The van der Waals surface area contributed by atoms with Gasteiger partial charge in [0.05, 0.1) is 7.11 Å². The number of benzene rings is 4. The number of amides is 4. The number of thioether (sulfide) groups is 1. The zero-order valence-corrected chi connectivity index (χ0v) is 39.8. The minimum absolute atomic E-state index is 0.303. The largest absolute Gasteiger partial charge is 0.497 e. The monoisotopic (exact) mass is 958 g/mol. The second-order valence-corrected chi connectivity index (χ2v) is 16.6. The molecule has 70 heavy (non-hydrogen) atoms. The maximum atomic E-state index is 12.3. The van der Waals surface area contributed by atoms with Gasteiger partial charge >= 0.3 is 12.1 Å². The van der Waals surface area contributed by atoms with Gasteiger partial charge in [-0.15, -0.1) is 11.8 Å². The van der Waals surface area contributed by atoms with E-state index >= 15 is 0 Å². The highest BCUT2D eigenvalue weighted by Gasteiger charge is 2.26. The van der Waals surface area contributed by atoms with Crippen molar-refractivity contribution in [3.05, 3.63) is 145 Å². The first-order chi connectivity index (χ1) is 34.3. The van der Waals surface area contributed by atoms with E-state index in [0.29, 0.717) is 52.4 Å². The van der Waals surface area contributed by atoms with Crippen LogP contribution in [0.25, 0.3) is 0 Å². The number of ether oxygens (including phenoxy) is 1. The van der Waals surface area contributed by atoms with Crippen LogP contribution in [-0.4, -0.2) is 65.8 Å². The first-order valence-electron chi connectivity index (χ1n) is 22.8. The van der Waals surface area contributed by atoms with E-state index < -0.39 is 0 Å². The average Bonchev–Trinajstić information content (AvgIpc) is 4.33. The molecule has 2 saturated carbocycles. The van der Waals surface area contributed by atoms with Crippen molar-refractivity contribution in [3.8, 4) is 5.75 Å². The Morgan fingerprint density at radius 3 is 1.26 bits per heavy atom. The number of aromatic nitrogens is 8. The van der Waals surface area contributed by atoms with Gasteiger partial charge in [-0.05, 0) is 141 Å². The van der Waals surface area contributed by atoms with E-state index in [1.807, 2.05) is 92.9 Å². The molecule has 0 spiro atoms. The Hall–Kier alpha value is -8.65. The standard InChI is InChI=1S/C24H24N8O2.C24H24N8OS.C2H6/c2*1-34-19-10-8-18(9-11-19)28-24(33)27-17-6-4-16(5-7-17)26-23-25-13-12-21(30-23)29-22-14-20(31-32-22)15-2-3-15;1-2/h2*4-15H,2-3H2,1H3,(H2,27,28,33)(H3,25,26,29,30,31,32);1-2H3. The quantitative estimate of drug-likeness (QED) is 0.0405. The van der Waals surface area contributed by atoms with Crippen LogP contribution in [0.3, 0.4) is 0 Å². The predicted molar refractivity (Wildman–Crippen MR) is 279 cm³/mol. The molecule has 4 heterocycles. The predicted octanol–water partition coefficient (Wildman–Crippen LogP) is 12.2. The number of hydrogen-bond acceptors (Lipinski definition) is 14. The van der Waals surface area contributed by atoms with Crippen molar-refractivity contribution in [1.29, 1.82) is 0 Å². The summed E-state index contributed by atoms with van der Waals surface area (Å²) in [6.07, 6.45) is 10.2. The van der Waals surface area contributed by atoms with Crippen molar-refractivity contribution in [2.45, 2.75) is 56.3 Å². The highest BCUT2D eigenvalue weighted by atomic mass is 32.2. The number of anilines is 12. The average molecular weight is 959 g/mol. The van der Waals surface area contributed by atoms with E-state index in [-0.39, 0.29) is 12.1 Å². The van der Waals surface area contributed by atoms with Crippen LogP contribution < -0.4 is 47.3 Å². The summed E-state index contributed by atoms with van der Waals surface area (Å²) in [5.41, 5.74) is 6.62. The third-order valence-corrected chi connectivity index (χ3v) is 11.3. The third kappa shape index (κ3) is 14.2. The summed E-state index contributed by atoms with van der Waals surface area (Å²) in [6.45, 7) is 4.00. The molecule has 2 aliphatic carbocycles. The third-order valence-electron chi connectivity index (χ3n) is 10.5. The molecule has 20 heteroatoms. The van der Waals surface area contributed by atoms with Crippen molar-refractivity contribution in [1.82, 2.24) is 40.3 Å². The lowest BCUT2D eigenvalue weighted by Crippen LogP contribution is -2.19. The van der Waals surface area contributed by atoms with Crippen LogP contribution in [0.1, 0.15) is 62.8 Å². The molecule has 0 bridgehead atoms. The Kier molecular flexibility index (Phi) is 16.0. The number of H-pyrrole nitrogens is 2. The van der Waals surface area contributed by atoms with Crippen LogP contribution in [-0.2, 0) is 0 Å². The molecule has 4 aromatic heterocycles. The number of hydrogen-bond donors (Lipinski definition) is 10. The molecule has 4 aromatic carbocycles. The van der Waals surface area contributed by atoms with E-state index in [2.05, 4.69) is 82.9 Å². The number of methoxy groups -OCH3 is 1. The molecule has 0 radical (unpaired) electrons. The second kappa shape index (κ2) is 23.4. The number of aromatic amines is 2. The zero-order chi connectivity index (χ0) is 48.7. The van der Waals surface area contributed by atoms with E-state index in [0.717, 1.165) is 50.7 Å². The molecular formula is C50H54N16O3S. The van der Waals surface area contributed by atoms with Gasteiger partial charge < -0.3 is 47.3 Å². The number of nitrogens with zero attached hydrogens (tertiary/aromatic N) is 6. The summed E-state index contributed by atoms with van der Waals surface area (Å²) >= 11 is 1.65. The molecule has 0 unspecified atom stereocenters. The fraction of sp³-hybridized carbons (Fsp3) is 0.200. The molecule has 0 atom stereocenters. The minimum atomic E-state index is -0.337. The van der Waals surface area contributed by atoms with Gasteiger partial charge in [-0.3, -0.25) is 10.2 Å². The van der Waals surface area contributed by atoms with Gasteiger partial charge in [0.25, 0.3) is 0 Å². The van der Waals surface area contributed by atoms with Crippen LogP contribution in [0.5, 0.6) is 5.75 Å². The SMILES string of the molecule is CC.COc1ccc(NC(=O)Nc2ccc(Nc3nccc(Nc4cc(C5CC5)[nH]n4)n3)cc2)cc1.CSc1ccc(NC(=O)Nc2ccc(Nc3nccc(Nc4cc(C5CC5)[nH]n4)n3)cc2)cc1. The zero-order valence-electron chi connectivity index (χ0n) is 39.0. The van der Waals surface area contributed by atoms with Crippen molar-refractivity contribution >= 4 is 93.1 Å². The van der Waals surface area contributed by atoms with Gasteiger partial charge in [-0.2, -0.15) is 20.2 Å². The molecule has 19 nitrogen and oxygen atoms in total. The van der Waals surface area contributed by atoms with E-state index in [1.54, 1.807) is 79.8 Å². The summed E-state index contributed by atoms with van der Waals surface area (Å²) < 4.78 is 5.12. The maximum absolute atomic E-state index is 12.3. The lowest BCUT2D eigenvalue weighted by molar-refractivity contribution is 0.261. The molecule has 358 valence electrons. The highest BCUT2D eigenvalue weighted by molar-refractivity contribution is 7.98. The fourth-order valence-electron chi connectivity index (χ4n) is 6.72. The smallest absolute Gasteiger partial charge is 0.323 e. The molecule has 4 amide bonds. The van der Waals surface area contributed by atoms with E-state index in [1.165, 1.54) is 25.7 Å². The van der Waals surface area contributed by atoms with Crippen LogP contribution in [0.2, 0.25) is 0 Å². The van der Waals surface area contributed by atoms with Gasteiger partial charge in [0.2, 0.25) is 11.9 Å². The molecular weight excluding hydrogens is 905 g/mol. The van der Waals surface area contributed by atoms with Gasteiger partial charge in [0, 0.05) is 86.8 Å². The molecule has 0 saturated heterocycles. The first kappa shape index (κ1) is 47.8. The Bertz CT molecular complexity index is 2740. The highest BCUT2D eigenvalue weighted by Crippen LogP contribution is 2.40. The fourth-order valence-corrected chi connectivity index (χ4v) is 7.12. The van der Waals surface area contributed by atoms with Crippen LogP contribution in [0, 0.1) is 0 Å². The van der Waals surface area contributed by atoms with Gasteiger partial charge in [0.15, 0.2) is 11.6 Å². The summed E-state index contributed by atoms with van der Waals surface area (Å²) in [6, 6.07) is 36.3. The molecule has 2 fully saturated rings. The Morgan fingerprint density at radius 2 is 0.886 bits per heavy atom. The second-order valence-electron chi connectivity index (χ2n) is 15.8. The van der Waals surface area contributed by atoms with Crippen molar-refractivity contribution in [3.63, 3.8) is 0 Å². The molecule has 10 rings (SSSR count). The maximum Gasteiger partial charge on any atom is 0.323 e. The Balaban J connectivity index is 0.000000182. The lowest BCUT2D eigenvalue weighted by Gasteiger charge is -2.10. The van der Waals surface area contributed by atoms with E-state index in [9.17, 15) is 9.59 Å². The number of urea groups is 2. The van der Waals surface area contributed by atoms with Gasteiger partial charge in [0.1, 0.15) is 17.4 Å². The van der Waals surface area contributed by atoms with Crippen molar-refractivity contribution in [2.24, 2.45) is 0 Å². The number of carbonyl (C=O) groups is 2. The topological polar surface area (TPSA) is 249 Å². The molecule has 2 aliphatic rings. The van der Waals surface area contributed by atoms with Crippen LogP contribution in [0.15, 0.2) is 139 Å². The molecule has 10 N–H and O–H groups in total. The first-order valence-corrected chi connectivity index (χ1v) is 24.0. The summed E-state index contributed by atoms with van der Waals surface area (Å²) in [5.74, 6) is 5.60. The minimum Gasteiger partial charge on any atom is -0.497 e. The van der Waals surface area contributed by atoms with Crippen molar-refractivity contribution < 1.29 is 14.3 Å². The lowest BCUT2D eigenvalue weighted by atomic mass is 10.3. The van der Waals surface area contributed by atoms with Crippen molar-refractivity contribution in [2.75, 3.05) is 55.9 Å². The summed E-state index contributed by atoms with van der Waals surface area (Å²) in [7, 11) is 1.60. The number of carbonyl (C=O) groups excluding carboxylic acids is 2.